The number of carbonyl (C=O) groups excluding carboxylic acids is 1. The van der Waals surface area contributed by atoms with E-state index < -0.39 is 12.6 Å². The van der Waals surface area contributed by atoms with E-state index in [4.69, 9.17) is 19.3 Å². The lowest BCUT2D eigenvalue weighted by atomic mass is 10.1. The van der Waals surface area contributed by atoms with E-state index >= 15 is 0 Å². The summed E-state index contributed by atoms with van der Waals surface area (Å²) in [6.07, 6.45) is 2.65. The van der Waals surface area contributed by atoms with Gasteiger partial charge in [-0.05, 0) is 67.4 Å². The molecule has 2 N–H and O–H groups in total. The molecule has 2 aromatic carbocycles. The number of carboxylic acids is 1. The molecule has 2 heterocycles. The Kier molecular flexibility index (Phi) is 12.5. The second-order valence-corrected chi connectivity index (χ2v) is 8.50. The molecule has 0 unspecified atom stereocenters. The predicted molar refractivity (Wildman–Crippen MR) is 155 cm³/mol. The first-order chi connectivity index (χ1) is 19.3. The van der Waals surface area contributed by atoms with Crippen LogP contribution < -0.4 is 14.2 Å². The number of hydrogen-bond acceptors (Lipinski definition) is 7. The molecule has 214 valence electrons. The fraction of sp³-hybridized carbons (Fsp3) is 0.323. The van der Waals surface area contributed by atoms with Crippen LogP contribution in [-0.4, -0.2) is 52.8 Å². The molecule has 0 aliphatic rings. The number of aliphatic carboxylic acids is 1. The summed E-state index contributed by atoms with van der Waals surface area (Å²) in [6.45, 7) is 8.14. The first-order valence-electron chi connectivity index (χ1n) is 13.1. The van der Waals surface area contributed by atoms with Crippen LogP contribution in [0.1, 0.15) is 54.4 Å². The Morgan fingerprint density at radius 3 is 2.25 bits per heavy atom. The van der Waals surface area contributed by atoms with Crippen molar-refractivity contribution >= 4 is 23.3 Å². The molecule has 0 spiro atoms. The van der Waals surface area contributed by atoms with Crippen LogP contribution in [-0.2, 0) is 17.8 Å². The third-order valence-electron chi connectivity index (χ3n) is 5.96. The average molecular weight is 551 g/mol. The summed E-state index contributed by atoms with van der Waals surface area (Å²) in [5.41, 5.74) is 4.39. The van der Waals surface area contributed by atoms with Crippen LogP contribution in [0.15, 0.2) is 54.6 Å². The third-order valence-corrected chi connectivity index (χ3v) is 5.96. The van der Waals surface area contributed by atoms with Crippen molar-refractivity contribution in [3.8, 4) is 23.1 Å². The minimum absolute atomic E-state index is 0.118. The highest BCUT2D eigenvalue weighted by atomic mass is 16.5. The maximum Gasteiger partial charge on any atom is 0.341 e. The number of hydrogen-bond donors (Lipinski definition) is 2. The summed E-state index contributed by atoms with van der Waals surface area (Å²) < 4.78 is 17.5. The number of nitrogens with zero attached hydrogens (tertiary/aromatic N) is 2. The second kappa shape index (κ2) is 15.8. The van der Waals surface area contributed by atoms with Crippen LogP contribution in [0.3, 0.4) is 0 Å². The molecule has 0 saturated heterocycles. The van der Waals surface area contributed by atoms with E-state index in [1.54, 1.807) is 50.6 Å². The molecule has 0 amide bonds. The summed E-state index contributed by atoms with van der Waals surface area (Å²) in [7, 11) is 3.17. The van der Waals surface area contributed by atoms with E-state index in [2.05, 4.69) is 23.4 Å². The molecule has 4 rings (SSSR count). The smallest absolute Gasteiger partial charge is 0.341 e. The van der Waals surface area contributed by atoms with Gasteiger partial charge in [-0.25, -0.2) is 4.79 Å². The van der Waals surface area contributed by atoms with Gasteiger partial charge in [-0.1, -0.05) is 27.2 Å². The highest BCUT2D eigenvalue weighted by Crippen LogP contribution is 2.31. The standard InChI is InChI=1S/C21H24N2O5.C8H8O2.C2H6/c1-4-5-17-13(2)16-7-9-19(27-3)22-21(16)23(17)11-14-10-15(6-8-18(14)24)28-12-20(25)26;1-10-8-4-2-7(6-9)3-5-8;1-2/h6-10,24H,4-5,11-12H2,1-3H3,(H,25,26);2-6H,1H3;1-2H3. The van der Waals surface area contributed by atoms with Crippen molar-refractivity contribution in [1.82, 2.24) is 9.55 Å². The normalized spacial score (nSPS) is 10.1. The molecule has 0 fully saturated rings. The second-order valence-electron chi connectivity index (χ2n) is 8.50. The summed E-state index contributed by atoms with van der Waals surface area (Å²) in [6, 6.07) is 15.5. The van der Waals surface area contributed by atoms with Gasteiger partial charge in [0, 0.05) is 28.3 Å². The zero-order valence-corrected chi connectivity index (χ0v) is 23.9. The monoisotopic (exact) mass is 550 g/mol. The highest BCUT2D eigenvalue weighted by Gasteiger charge is 2.17. The van der Waals surface area contributed by atoms with Crippen molar-refractivity contribution in [3.63, 3.8) is 0 Å². The van der Waals surface area contributed by atoms with Crippen LogP contribution in [0, 0.1) is 6.92 Å². The largest absolute Gasteiger partial charge is 0.508 e. The highest BCUT2D eigenvalue weighted by molar-refractivity contribution is 5.83. The van der Waals surface area contributed by atoms with Gasteiger partial charge < -0.3 is 29.0 Å². The van der Waals surface area contributed by atoms with Crippen molar-refractivity contribution in [2.24, 2.45) is 0 Å². The van der Waals surface area contributed by atoms with Crippen molar-refractivity contribution in [1.29, 1.82) is 0 Å². The van der Waals surface area contributed by atoms with E-state index in [9.17, 15) is 14.7 Å². The Morgan fingerprint density at radius 2 is 1.68 bits per heavy atom. The SMILES string of the molecule is CC.CCCc1c(C)c2ccc(OC)nc2n1Cc1cc(OCC(=O)O)ccc1O.COc1ccc(C=O)cc1. The Morgan fingerprint density at radius 1 is 1.00 bits per heavy atom. The van der Waals surface area contributed by atoms with Crippen molar-refractivity contribution in [2.75, 3.05) is 20.8 Å². The van der Waals surface area contributed by atoms with Gasteiger partial charge in [0.2, 0.25) is 5.88 Å². The summed E-state index contributed by atoms with van der Waals surface area (Å²) in [4.78, 5) is 25.5. The number of phenols is 1. The molecular weight excluding hydrogens is 512 g/mol. The van der Waals surface area contributed by atoms with E-state index in [0.29, 0.717) is 29.3 Å². The molecule has 4 aromatic rings. The minimum atomic E-state index is -1.05. The molecule has 0 saturated carbocycles. The number of pyridine rings is 1. The molecule has 0 atom stereocenters. The summed E-state index contributed by atoms with van der Waals surface area (Å²) in [5.74, 6) is 0.754. The van der Waals surface area contributed by atoms with Crippen LogP contribution >= 0.6 is 0 Å². The lowest BCUT2D eigenvalue weighted by molar-refractivity contribution is -0.139. The number of carbonyl (C=O) groups is 2. The fourth-order valence-corrected chi connectivity index (χ4v) is 4.03. The van der Waals surface area contributed by atoms with Gasteiger partial charge in [-0.3, -0.25) is 4.79 Å². The molecule has 9 nitrogen and oxygen atoms in total. The number of benzene rings is 2. The zero-order chi connectivity index (χ0) is 29.7. The van der Waals surface area contributed by atoms with Crippen molar-refractivity contribution < 1.29 is 34.0 Å². The van der Waals surface area contributed by atoms with Crippen LogP contribution in [0.2, 0.25) is 0 Å². The Labute approximate surface area is 235 Å². The maximum absolute atomic E-state index is 10.7. The lowest BCUT2D eigenvalue weighted by Crippen LogP contribution is -2.10. The van der Waals surface area contributed by atoms with Crippen molar-refractivity contribution in [3.05, 3.63) is 77.0 Å². The Hall–Kier alpha value is -4.53. The number of rotatable bonds is 10. The van der Waals surface area contributed by atoms with Crippen LogP contribution in [0.4, 0.5) is 0 Å². The summed E-state index contributed by atoms with van der Waals surface area (Å²) >= 11 is 0. The number of carboxylic acid groups (broad SMARTS) is 1. The van der Waals surface area contributed by atoms with Crippen molar-refractivity contribution in [2.45, 2.75) is 47.1 Å². The lowest BCUT2D eigenvalue weighted by Gasteiger charge is -2.13. The van der Waals surface area contributed by atoms with E-state index in [0.717, 1.165) is 47.2 Å². The van der Waals surface area contributed by atoms with E-state index in [-0.39, 0.29) is 5.75 Å². The third kappa shape index (κ3) is 8.23. The quantitative estimate of drug-likeness (QED) is 0.229. The number of phenolic OH excluding ortho intramolecular Hbond substituents is 1. The number of aryl methyl sites for hydroxylation is 1. The number of aromatic hydroxyl groups is 1. The topological polar surface area (TPSA) is 120 Å². The average Bonchev–Trinajstić information content (AvgIpc) is 3.24. The number of ether oxygens (including phenoxy) is 3. The molecule has 9 heteroatoms. The van der Waals surface area contributed by atoms with E-state index in [1.165, 1.54) is 6.07 Å². The number of fused-ring (bicyclic) bond motifs is 1. The fourth-order valence-electron chi connectivity index (χ4n) is 4.03. The first-order valence-corrected chi connectivity index (χ1v) is 13.1. The summed E-state index contributed by atoms with van der Waals surface area (Å²) in [5, 5.41) is 20.2. The van der Waals surface area contributed by atoms with Gasteiger partial charge in [-0.2, -0.15) is 4.98 Å². The molecule has 0 radical (unpaired) electrons. The van der Waals surface area contributed by atoms with Gasteiger partial charge in [-0.15, -0.1) is 0 Å². The predicted octanol–water partition coefficient (Wildman–Crippen LogP) is 6.06. The maximum atomic E-state index is 10.7. The molecular formula is C31H38N2O7. The van der Waals surface area contributed by atoms with Crippen LogP contribution in [0.25, 0.3) is 11.0 Å². The van der Waals surface area contributed by atoms with E-state index in [1.807, 2.05) is 26.0 Å². The minimum Gasteiger partial charge on any atom is -0.508 e. The van der Waals surface area contributed by atoms with Gasteiger partial charge in [0.05, 0.1) is 20.8 Å². The molecule has 0 aliphatic carbocycles. The number of methoxy groups -OCH3 is 2. The number of aromatic nitrogens is 2. The van der Waals surface area contributed by atoms with Gasteiger partial charge in [0.1, 0.15) is 29.2 Å². The van der Waals surface area contributed by atoms with Crippen LogP contribution in [0.5, 0.6) is 23.1 Å². The number of aldehydes is 1. The molecule has 0 aliphatic heterocycles. The Bertz CT molecular complexity index is 1400. The molecule has 40 heavy (non-hydrogen) atoms. The zero-order valence-electron chi connectivity index (χ0n) is 23.9. The van der Waals surface area contributed by atoms with Gasteiger partial charge in [0.25, 0.3) is 0 Å². The Balaban J connectivity index is 0.000000391. The molecule has 0 bridgehead atoms. The van der Waals surface area contributed by atoms with Gasteiger partial charge >= 0.3 is 5.97 Å². The van der Waals surface area contributed by atoms with Gasteiger partial charge in [0.15, 0.2) is 6.61 Å². The first kappa shape index (κ1) is 31.7. The molecule has 2 aromatic heterocycles.